The van der Waals surface area contributed by atoms with Gasteiger partial charge in [0.25, 0.3) is 5.56 Å². The first-order valence-corrected chi connectivity index (χ1v) is 9.50. The standard InChI is InChI=1S/C20H20N4O2S/c1-10(9-21)11-3-5-12(6-4-11)14-15-13-7-8-27-17(13)19(25)23-16(15)18(22)24-20(14)26-2/h3-8,10H,9,21H2,1-2H3,(H2,22,24)(H,23,25). The van der Waals surface area contributed by atoms with Crippen LogP contribution < -0.4 is 21.8 Å². The van der Waals surface area contributed by atoms with Crippen molar-refractivity contribution in [3.05, 3.63) is 51.6 Å². The van der Waals surface area contributed by atoms with Gasteiger partial charge in [-0.25, -0.2) is 0 Å². The van der Waals surface area contributed by atoms with E-state index >= 15 is 0 Å². The van der Waals surface area contributed by atoms with Gasteiger partial charge in [0.2, 0.25) is 5.88 Å². The number of nitrogens with one attached hydrogen (secondary N) is 1. The minimum atomic E-state index is -0.163. The van der Waals surface area contributed by atoms with Gasteiger partial charge < -0.3 is 21.2 Å². The van der Waals surface area contributed by atoms with E-state index in [0.717, 1.165) is 21.9 Å². The zero-order valence-electron chi connectivity index (χ0n) is 15.1. The molecule has 0 aliphatic heterocycles. The predicted octanol–water partition coefficient (Wildman–Crippen LogP) is 3.46. The lowest BCUT2D eigenvalue weighted by Crippen LogP contribution is -2.09. The number of nitrogens with zero attached hydrogens (tertiary/aromatic N) is 1. The number of H-pyrrole nitrogens is 1. The summed E-state index contributed by atoms with van der Waals surface area (Å²) in [4.78, 5) is 19.6. The normalized spacial score (nSPS) is 12.6. The first-order valence-electron chi connectivity index (χ1n) is 8.62. The lowest BCUT2D eigenvalue weighted by atomic mass is 9.95. The molecule has 1 atom stereocenters. The number of fused-ring (bicyclic) bond motifs is 3. The summed E-state index contributed by atoms with van der Waals surface area (Å²) in [6, 6.07) is 10.1. The molecule has 27 heavy (non-hydrogen) atoms. The minimum Gasteiger partial charge on any atom is -0.480 e. The maximum Gasteiger partial charge on any atom is 0.266 e. The Bertz CT molecular complexity index is 1190. The predicted molar refractivity (Wildman–Crippen MR) is 112 cm³/mol. The molecule has 3 heterocycles. The molecule has 138 valence electrons. The summed E-state index contributed by atoms with van der Waals surface area (Å²) in [6.45, 7) is 2.68. The molecule has 0 spiro atoms. The molecule has 0 aliphatic carbocycles. The third-order valence-electron chi connectivity index (χ3n) is 4.89. The maximum absolute atomic E-state index is 12.4. The number of pyridine rings is 2. The number of nitrogen functional groups attached to an aromatic ring is 1. The third-order valence-corrected chi connectivity index (χ3v) is 5.80. The molecule has 1 aromatic carbocycles. The fourth-order valence-corrected chi connectivity index (χ4v) is 4.15. The van der Waals surface area contributed by atoms with Crippen LogP contribution >= 0.6 is 11.3 Å². The third kappa shape index (κ3) is 2.75. The first-order chi connectivity index (χ1) is 13.0. The Morgan fingerprint density at radius 1 is 1.26 bits per heavy atom. The van der Waals surface area contributed by atoms with Gasteiger partial charge in [-0.2, -0.15) is 4.98 Å². The van der Waals surface area contributed by atoms with Crippen molar-refractivity contribution in [2.24, 2.45) is 5.73 Å². The summed E-state index contributed by atoms with van der Waals surface area (Å²) in [5.41, 5.74) is 15.2. The van der Waals surface area contributed by atoms with Crippen molar-refractivity contribution in [3.63, 3.8) is 0 Å². The van der Waals surface area contributed by atoms with Crippen LogP contribution in [0.4, 0.5) is 5.82 Å². The molecule has 0 amide bonds. The van der Waals surface area contributed by atoms with Crippen LogP contribution in [-0.2, 0) is 0 Å². The van der Waals surface area contributed by atoms with Gasteiger partial charge in [-0.15, -0.1) is 11.3 Å². The van der Waals surface area contributed by atoms with Crippen molar-refractivity contribution in [3.8, 4) is 17.0 Å². The van der Waals surface area contributed by atoms with E-state index in [0.29, 0.717) is 22.6 Å². The molecule has 6 nitrogen and oxygen atoms in total. The highest BCUT2D eigenvalue weighted by atomic mass is 32.1. The first kappa shape index (κ1) is 17.5. The van der Waals surface area contributed by atoms with Crippen molar-refractivity contribution in [1.82, 2.24) is 9.97 Å². The molecular formula is C20H20N4O2S. The largest absolute Gasteiger partial charge is 0.480 e. The molecule has 4 rings (SSSR count). The van der Waals surface area contributed by atoms with E-state index < -0.39 is 0 Å². The molecule has 0 saturated heterocycles. The summed E-state index contributed by atoms with van der Waals surface area (Å²) >= 11 is 1.40. The van der Waals surface area contributed by atoms with Gasteiger partial charge in [-0.3, -0.25) is 4.79 Å². The number of rotatable bonds is 4. The number of aromatic nitrogens is 2. The van der Waals surface area contributed by atoms with E-state index in [1.165, 1.54) is 16.9 Å². The SMILES string of the molecule is COc1nc(N)c2[nH]c(=O)c3sccc3c2c1-c1ccc(C(C)CN)cc1. The number of nitrogens with two attached hydrogens (primary N) is 2. The average Bonchev–Trinajstić information content (AvgIpc) is 3.18. The second-order valence-corrected chi connectivity index (χ2v) is 7.42. The van der Waals surface area contributed by atoms with E-state index in [9.17, 15) is 4.79 Å². The van der Waals surface area contributed by atoms with E-state index in [1.807, 2.05) is 23.6 Å². The van der Waals surface area contributed by atoms with Crippen LogP contribution in [0.3, 0.4) is 0 Å². The van der Waals surface area contributed by atoms with Crippen LogP contribution in [-0.4, -0.2) is 23.6 Å². The van der Waals surface area contributed by atoms with Gasteiger partial charge >= 0.3 is 0 Å². The van der Waals surface area contributed by atoms with Gasteiger partial charge in [0.1, 0.15) is 4.70 Å². The van der Waals surface area contributed by atoms with Gasteiger partial charge in [0.15, 0.2) is 5.82 Å². The quantitative estimate of drug-likeness (QED) is 0.503. The highest BCUT2D eigenvalue weighted by Gasteiger charge is 2.20. The molecular weight excluding hydrogens is 360 g/mol. The summed E-state index contributed by atoms with van der Waals surface area (Å²) in [5.74, 6) is 0.950. The van der Waals surface area contributed by atoms with Crippen LogP contribution in [0.15, 0.2) is 40.5 Å². The average molecular weight is 380 g/mol. The summed E-state index contributed by atoms with van der Waals surface area (Å²) in [7, 11) is 1.57. The molecule has 7 heteroatoms. The van der Waals surface area contributed by atoms with E-state index in [-0.39, 0.29) is 17.3 Å². The monoisotopic (exact) mass is 380 g/mol. The zero-order chi connectivity index (χ0) is 19.1. The van der Waals surface area contributed by atoms with Crippen LogP contribution in [0, 0.1) is 0 Å². The van der Waals surface area contributed by atoms with Gasteiger partial charge in [-0.1, -0.05) is 31.2 Å². The Morgan fingerprint density at radius 2 is 2.00 bits per heavy atom. The second kappa shape index (κ2) is 6.68. The number of thiophene rings is 1. The van der Waals surface area contributed by atoms with Gasteiger partial charge in [-0.05, 0) is 35.0 Å². The Labute approximate surface area is 159 Å². The molecule has 0 bridgehead atoms. The number of benzene rings is 1. The molecule has 1 unspecified atom stereocenters. The number of aromatic amines is 1. The number of methoxy groups -OCH3 is 1. The lowest BCUT2D eigenvalue weighted by Gasteiger charge is -2.15. The summed E-state index contributed by atoms with van der Waals surface area (Å²) < 4.78 is 6.20. The van der Waals surface area contributed by atoms with Crippen molar-refractivity contribution in [2.45, 2.75) is 12.8 Å². The number of ether oxygens (including phenoxy) is 1. The Hall–Kier alpha value is -2.90. The Morgan fingerprint density at radius 3 is 2.67 bits per heavy atom. The van der Waals surface area contributed by atoms with Crippen molar-refractivity contribution < 1.29 is 4.74 Å². The molecule has 4 aromatic rings. The Balaban J connectivity index is 2.08. The van der Waals surface area contributed by atoms with Crippen molar-refractivity contribution in [1.29, 1.82) is 0 Å². The molecule has 0 aliphatic rings. The topological polar surface area (TPSA) is 107 Å². The molecule has 0 radical (unpaired) electrons. The molecule has 0 saturated carbocycles. The maximum atomic E-state index is 12.4. The number of hydrogen-bond acceptors (Lipinski definition) is 6. The smallest absolute Gasteiger partial charge is 0.266 e. The fourth-order valence-electron chi connectivity index (χ4n) is 3.36. The van der Waals surface area contributed by atoms with E-state index in [1.54, 1.807) is 7.11 Å². The van der Waals surface area contributed by atoms with Crippen molar-refractivity contribution in [2.75, 3.05) is 19.4 Å². The summed E-state index contributed by atoms with van der Waals surface area (Å²) in [5, 5.41) is 3.59. The number of anilines is 1. The molecule has 3 aromatic heterocycles. The fraction of sp³-hybridized carbons (Fsp3) is 0.200. The van der Waals surface area contributed by atoms with Gasteiger partial charge in [0, 0.05) is 10.8 Å². The summed E-state index contributed by atoms with van der Waals surface area (Å²) in [6.07, 6.45) is 0. The van der Waals surface area contributed by atoms with Crippen LogP contribution in [0.25, 0.3) is 32.1 Å². The minimum absolute atomic E-state index is 0.163. The zero-order valence-corrected chi connectivity index (χ0v) is 15.9. The van der Waals surface area contributed by atoms with Crippen molar-refractivity contribution >= 4 is 38.1 Å². The lowest BCUT2D eigenvalue weighted by molar-refractivity contribution is 0.401. The van der Waals surface area contributed by atoms with Crippen LogP contribution in [0.5, 0.6) is 5.88 Å². The highest BCUT2D eigenvalue weighted by molar-refractivity contribution is 7.17. The van der Waals surface area contributed by atoms with Crippen LogP contribution in [0.1, 0.15) is 18.4 Å². The van der Waals surface area contributed by atoms with E-state index in [4.69, 9.17) is 16.2 Å². The molecule has 0 fully saturated rings. The van der Waals surface area contributed by atoms with Crippen LogP contribution in [0.2, 0.25) is 0 Å². The Kier molecular flexibility index (Phi) is 4.33. The molecule has 5 N–H and O–H groups in total. The second-order valence-electron chi connectivity index (χ2n) is 6.51. The van der Waals surface area contributed by atoms with E-state index in [2.05, 4.69) is 29.0 Å². The number of hydrogen-bond donors (Lipinski definition) is 3. The van der Waals surface area contributed by atoms with Gasteiger partial charge in [0.05, 0.1) is 18.2 Å². The highest BCUT2D eigenvalue weighted by Crippen LogP contribution is 2.41.